The van der Waals surface area contributed by atoms with Gasteiger partial charge in [0.2, 0.25) is 0 Å². The quantitative estimate of drug-likeness (QED) is 0.745. The van der Waals surface area contributed by atoms with Crippen molar-refractivity contribution in [2.45, 2.75) is 19.3 Å². The fourth-order valence-electron chi connectivity index (χ4n) is 3.59. The van der Waals surface area contributed by atoms with Gasteiger partial charge in [0.1, 0.15) is 11.8 Å². The molecule has 0 aromatic carbocycles. The van der Waals surface area contributed by atoms with Gasteiger partial charge in [0.05, 0.1) is 10.9 Å². The molecule has 6 heteroatoms. The first kappa shape index (κ1) is 18.1. The molecule has 0 fully saturated rings. The van der Waals surface area contributed by atoms with E-state index in [1.54, 1.807) is 30.6 Å². The molecule has 4 heterocycles. The fourth-order valence-corrected chi connectivity index (χ4v) is 3.59. The summed E-state index contributed by atoms with van der Waals surface area (Å²) in [5.41, 5.74) is 4.46. The Morgan fingerprint density at radius 2 is 2.18 bits per heavy atom. The van der Waals surface area contributed by atoms with Crippen LogP contribution in [0.5, 0.6) is 0 Å². The van der Waals surface area contributed by atoms with Gasteiger partial charge >= 0.3 is 0 Å². The molecule has 0 saturated carbocycles. The van der Waals surface area contributed by atoms with E-state index in [-0.39, 0.29) is 5.56 Å². The third kappa shape index (κ3) is 4.00. The van der Waals surface area contributed by atoms with Gasteiger partial charge in [0, 0.05) is 31.2 Å². The van der Waals surface area contributed by atoms with Gasteiger partial charge in [-0.1, -0.05) is 12.1 Å². The number of aryl methyl sites for hydroxylation is 1. The van der Waals surface area contributed by atoms with Crippen LogP contribution in [-0.2, 0) is 6.42 Å². The summed E-state index contributed by atoms with van der Waals surface area (Å²) in [6.07, 6.45) is 8.53. The summed E-state index contributed by atoms with van der Waals surface area (Å²) in [4.78, 5) is 26.0. The third-order valence-electron chi connectivity index (χ3n) is 5.13. The molecule has 4 rings (SSSR count). The number of H-pyrrole nitrogens is 1. The number of hydrogen-bond donors (Lipinski definition) is 1. The molecule has 0 spiro atoms. The lowest BCUT2D eigenvalue weighted by molar-refractivity contribution is 0.297. The molecule has 28 heavy (non-hydrogen) atoms. The van der Waals surface area contributed by atoms with Crippen LogP contribution in [0.15, 0.2) is 53.6 Å². The van der Waals surface area contributed by atoms with Crippen molar-refractivity contribution in [2.24, 2.45) is 0 Å². The topological polar surface area (TPSA) is 85.7 Å². The first-order valence-electron chi connectivity index (χ1n) is 9.48. The summed E-state index contributed by atoms with van der Waals surface area (Å²) >= 11 is 0. The largest absolute Gasteiger partial charge is 0.326 e. The molecule has 0 radical (unpaired) electrons. The van der Waals surface area contributed by atoms with E-state index in [9.17, 15) is 4.79 Å². The zero-order valence-corrected chi connectivity index (χ0v) is 15.6. The van der Waals surface area contributed by atoms with Gasteiger partial charge < -0.3 is 4.98 Å². The maximum Gasteiger partial charge on any atom is 0.257 e. The van der Waals surface area contributed by atoms with Crippen molar-refractivity contribution in [1.82, 2.24) is 19.9 Å². The highest BCUT2D eigenvalue weighted by atomic mass is 16.1. The second kappa shape index (κ2) is 8.15. The Kier molecular flexibility index (Phi) is 5.27. The minimum Gasteiger partial charge on any atom is -0.326 e. The number of hydrogen-bond acceptors (Lipinski definition) is 5. The van der Waals surface area contributed by atoms with Crippen molar-refractivity contribution < 1.29 is 0 Å². The van der Waals surface area contributed by atoms with E-state index in [1.165, 1.54) is 5.57 Å². The van der Waals surface area contributed by atoms with Gasteiger partial charge in [-0.2, -0.15) is 5.26 Å². The minimum atomic E-state index is -0.0674. The van der Waals surface area contributed by atoms with Crippen molar-refractivity contribution in [3.05, 3.63) is 76.1 Å². The van der Waals surface area contributed by atoms with Crippen LogP contribution in [0.4, 0.5) is 0 Å². The molecule has 1 aliphatic rings. The zero-order valence-electron chi connectivity index (χ0n) is 15.6. The molecule has 3 aromatic heterocycles. The van der Waals surface area contributed by atoms with Gasteiger partial charge in [0.25, 0.3) is 5.56 Å². The summed E-state index contributed by atoms with van der Waals surface area (Å²) in [5.74, 6) is 0. The smallest absolute Gasteiger partial charge is 0.257 e. The Labute approximate surface area is 163 Å². The van der Waals surface area contributed by atoms with Crippen LogP contribution in [0.3, 0.4) is 0 Å². The Morgan fingerprint density at radius 1 is 1.25 bits per heavy atom. The normalized spacial score (nSPS) is 14.6. The number of nitrogens with one attached hydrogen (secondary N) is 1. The van der Waals surface area contributed by atoms with Crippen molar-refractivity contribution in [2.75, 3.05) is 19.6 Å². The van der Waals surface area contributed by atoms with Gasteiger partial charge in [-0.25, -0.2) is 4.98 Å². The number of fused-ring (bicyclic) bond motifs is 1. The Hall–Kier alpha value is -3.30. The van der Waals surface area contributed by atoms with Crippen LogP contribution in [-0.4, -0.2) is 39.5 Å². The van der Waals surface area contributed by atoms with Crippen LogP contribution in [0.1, 0.15) is 29.8 Å². The molecule has 0 saturated heterocycles. The molecular formula is C22H21N5O. The number of aromatic amines is 1. The predicted molar refractivity (Wildman–Crippen MR) is 109 cm³/mol. The van der Waals surface area contributed by atoms with Crippen molar-refractivity contribution in [3.8, 4) is 6.07 Å². The SMILES string of the molecule is N#Cc1ccc(C2=CCN(CCCc3cc4ncccc4c(=O)[nH]3)CC2)cn1. The third-order valence-corrected chi connectivity index (χ3v) is 5.13. The maximum atomic E-state index is 12.1. The monoisotopic (exact) mass is 371 g/mol. The molecule has 0 atom stereocenters. The lowest BCUT2D eigenvalue weighted by Gasteiger charge is -2.26. The molecule has 140 valence electrons. The highest BCUT2D eigenvalue weighted by Gasteiger charge is 2.13. The first-order valence-corrected chi connectivity index (χ1v) is 9.48. The predicted octanol–water partition coefficient (Wildman–Crippen LogP) is 2.91. The van der Waals surface area contributed by atoms with Crippen LogP contribution >= 0.6 is 0 Å². The summed E-state index contributed by atoms with van der Waals surface area (Å²) in [6, 6.07) is 11.3. The molecular weight excluding hydrogens is 350 g/mol. The van der Waals surface area contributed by atoms with Crippen LogP contribution < -0.4 is 5.56 Å². The summed E-state index contributed by atoms with van der Waals surface area (Å²) in [6.45, 7) is 2.89. The van der Waals surface area contributed by atoms with E-state index in [2.05, 4.69) is 25.9 Å². The zero-order chi connectivity index (χ0) is 19.3. The lowest BCUT2D eigenvalue weighted by Crippen LogP contribution is -2.29. The fraction of sp³-hybridized carbons (Fsp3) is 0.273. The molecule has 1 N–H and O–H groups in total. The van der Waals surface area contributed by atoms with E-state index in [4.69, 9.17) is 5.26 Å². The number of aromatic nitrogens is 3. The number of nitrogens with zero attached hydrogens (tertiary/aromatic N) is 4. The summed E-state index contributed by atoms with van der Waals surface area (Å²) in [5, 5.41) is 9.49. The standard InChI is InChI=1S/C22H21N5O/c23-14-19-6-5-17(15-25-19)16-7-11-27(12-8-16)10-2-3-18-13-21-20(22(28)26-18)4-1-9-24-21/h1,4-7,9,13,15H,2-3,8,10-12H2,(H,26,28). The number of rotatable bonds is 5. The molecule has 1 aliphatic heterocycles. The average Bonchev–Trinajstić information content (AvgIpc) is 2.74. The lowest BCUT2D eigenvalue weighted by atomic mass is 10.0. The van der Waals surface area contributed by atoms with Crippen LogP contribution in [0.25, 0.3) is 16.5 Å². The number of pyridine rings is 3. The Balaban J connectivity index is 1.32. The molecule has 0 aliphatic carbocycles. The molecule has 0 amide bonds. The van der Waals surface area contributed by atoms with Gasteiger partial charge in [-0.05, 0) is 61.2 Å². The molecule has 6 nitrogen and oxygen atoms in total. The Morgan fingerprint density at radius 3 is 2.93 bits per heavy atom. The van der Waals surface area contributed by atoms with Gasteiger partial charge in [0.15, 0.2) is 0 Å². The van der Waals surface area contributed by atoms with E-state index in [1.807, 2.05) is 18.2 Å². The van der Waals surface area contributed by atoms with E-state index in [0.717, 1.165) is 55.7 Å². The molecule has 0 bridgehead atoms. The van der Waals surface area contributed by atoms with E-state index < -0.39 is 0 Å². The van der Waals surface area contributed by atoms with Gasteiger partial charge in [-0.3, -0.25) is 14.7 Å². The van der Waals surface area contributed by atoms with Crippen LogP contribution in [0.2, 0.25) is 0 Å². The van der Waals surface area contributed by atoms with Crippen molar-refractivity contribution in [1.29, 1.82) is 5.26 Å². The van der Waals surface area contributed by atoms with E-state index >= 15 is 0 Å². The van der Waals surface area contributed by atoms with E-state index in [0.29, 0.717) is 11.1 Å². The first-order chi connectivity index (χ1) is 13.7. The minimum absolute atomic E-state index is 0.0674. The van der Waals surface area contributed by atoms with Crippen molar-refractivity contribution in [3.63, 3.8) is 0 Å². The summed E-state index contributed by atoms with van der Waals surface area (Å²) in [7, 11) is 0. The summed E-state index contributed by atoms with van der Waals surface area (Å²) < 4.78 is 0. The second-order valence-corrected chi connectivity index (χ2v) is 6.99. The van der Waals surface area contributed by atoms with Crippen LogP contribution in [0, 0.1) is 11.3 Å². The second-order valence-electron chi connectivity index (χ2n) is 6.99. The van der Waals surface area contributed by atoms with Gasteiger partial charge in [-0.15, -0.1) is 0 Å². The Bertz CT molecular complexity index is 1110. The highest BCUT2D eigenvalue weighted by molar-refractivity contribution is 5.77. The number of nitriles is 1. The maximum absolute atomic E-state index is 12.1. The highest BCUT2D eigenvalue weighted by Crippen LogP contribution is 2.22. The molecule has 3 aromatic rings. The molecule has 0 unspecified atom stereocenters. The average molecular weight is 371 g/mol. The van der Waals surface area contributed by atoms with Crippen molar-refractivity contribution >= 4 is 16.5 Å².